The number of carbonyl (C=O) groups is 1. The third-order valence-corrected chi connectivity index (χ3v) is 2.81. The van der Waals surface area contributed by atoms with Crippen molar-refractivity contribution < 1.29 is 27.5 Å². The van der Waals surface area contributed by atoms with Gasteiger partial charge in [-0.1, -0.05) is 6.07 Å². The molecule has 0 heterocycles. The molecule has 2 nitrogen and oxygen atoms in total. The predicted molar refractivity (Wildman–Crippen MR) is 62.5 cm³/mol. The molecule has 0 spiro atoms. The van der Waals surface area contributed by atoms with Gasteiger partial charge in [0.15, 0.2) is 11.6 Å². The molecule has 1 N–H and O–H groups in total. The molecule has 0 aliphatic rings. The highest BCUT2D eigenvalue weighted by Crippen LogP contribution is 2.22. The van der Waals surface area contributed by atoms with Crippen LogP contribution in [0.1, 0.15) is 21.5 Å². The molecule has 0 unspecified atom stereocenters. The van der Waals surface area contributed by atoms with Crippen molar-refractivity contribution in [2.45, 2.75) is 6.42 Å². The molecule has 6 heteroatoms. The SMILES string of the molecule is O=C(O)c1ccc(F)c(F)c1Cc1ccc(F)cc1F. The zero-order valence-corrected chi connectivity index (χ0v) is 9.96. The highest BCUT2D eigenvalue weighted by atomic mass is 19.2. The van der Waals surface area contributed by atoms with Crippen LogP contribution in [0.15, 0.2) is 30.3 Å². The highest BCUT2D eigenvalue weighted by molar-refractivity contribution is 5.89. The lowest BCUT2D eigenvalue weighted by atomic mass is 9.98. The van der Waals surface area contributed by atoms with Gasteiger partial charge in [0, 0.05) is 18.1 Å². The standard InChI is InChI=1S/C14H8F4O2/c15-8-2-1-7(12(17)6-8)5-10-9(14(19)20)3-4-11(16)13(10)18/h1-4,6H,5H2,(H,19,20). The topological polar surface area (TPSA) is 37.3 Å². The Morgan fingerprint density at radius 2 is 1.70 bits per heavy atom. The second kappa shape index (κ2) is 5.32. The molecule has 0 aromatic heterocycles. The van der Waals surface area contributed by atoms with Crippen LogP contribution < -0.4 is 0 Å². The van der Waals surface area contributed by atoms with E-state index in [9.17, 15) is 22.4 Å². The van der Waals surface area contributed by atoms with E-state index in [1.54, 1.807) is 0 Å². The molecule has 0 saturated carbocycles. The number of benzene rings is 2. The second-order valence-electron chi connectivity index (χ2n) is 4.11. The minimum Gasteiger partial charge on any atom is -0.478 e. The first-order valence-corrected chi connectivity index (χ1v) is 5.54. The van der Waals surface area contributed by atoms with E-state index < -0.39 is 46.8 Å². The van der Waals surface area contributed by atoms with E-state index in [4.69, 9.17) is 5.11 Å². The van der Waals surface area contributed by atoms with Crippen LogP contribution in [0.3, 0.4) is 0 Å². The maximum Gasteiger partial charge on any atom is 0.336 e. The molecule has 0 fully saturated rings. The van der Waals surface area contributed by atoms with Gasteiger partial charge in [0.25, 0.3) is 0 Å². The molecule has 0 aliphatic carbocycles. The second-order valence-corrected chi connectivity index (χ2v) is 4.11. The van der Waals surface area contributed by atoms with Gasteiger partial charge in [0.05, 0.1) is 5.56 Å². The third kappa shape index (κ3) is 2.64. The lowest BCUT2D eigenvalue weighted by Crippen LogP contribution is -2.08. The molecule has 0 atom stereocenters. The van der Waals surface area contributed by atoms with Crippen molar-refractivity contribution in [3.8, 4) is 0 Å². The van der Waals surface area contributed by atoms with Gasteiger partial charge >= 0.3 is 5.97 Å². The zero-order valence-electron chi connectivity index (χ0n) is 9.96. The molecular weight excluding hydrogens is 276 g/mol. The van der Waals surface area contributed by atoms with Crippen molar-refractivity contribution in [3.05, 3.63) is 70.3 Å². The fourth-order valence-corrected chi connectivity index (χ4v) is 1.82. The fraction of sp³-hybridized carbons (Fsp3) is 0.0714. The Balaban J connectivity index is 2.52. The third-order valence-electron chi connectivity index (χ3n) is 2.81. The first kappa shape index (κ1) is 14.0. The van der Waals surface area contributed by atoms with Crippen LogP contribution >= 0.6 is 0 Å². The Morgan fingerprint density at radius 3 is 2.30 bits per heavy atom. The van der Waals surface area contributed by atoms with Crippen LogP contribution in [0.25, 0.3) is 0 Å². The molecule has 2 aromatic carbocycles. The van der Waals surface area contributed by atoms with E-state index in [-0.39, 0.29) is 5.56 Å². The minimum atomic E-state index is -1.46. The van der Waals surface area contributed by atoms with Crippen molar-refractivity contribution in [3.63, 3.8) is 0 Å². The van der Waals surface area contributed by atoms with Gasteiger partial charge < -0.3 is 5.11 Å². The number of hydrogen-bond acceptors (Lipinski definition) is 1. The number of rotatable bonds is 3. The van der Waals surface area contributed by atoms with Crippen LogP contribution in [-0.4, -0.2) is 11.1 Å². The van der Waals surface area contributed by atoms with Crippen molar-refractivity contribution >= 4 is 5.97 Å². The summed E-state index contributed by atoms with van der Waals surface area (Å²) in [6.45, 7) is 0. The minimum absolute atomic E-state index is 0.126. The molecule has 0 aliphatic heterocycles. The summed E-state index contributed by atoms with van der Waals surface area (Å²) in [6, 6.07) is 4.19. The molecule has 2 aromatic rings. The van der Waals surface area contributed by atoms with Gasteiger partial charge in [-0.3, -0.25) is 0 Å². The summed E-state index contributed by atoms with van der Waals surface area (Å²) in [5, 5.41) is 8.93. The van der Waals surface area contributed by atoms with Crippen LogP contribution in [-0.2, 0) is 6.42 Å². The summed E-state index contributed by atoms with van der Waals surface area (Å²) < 4.78 is 53.1. The largest absolute Gasteiger partial charge is 0.478 e. The van der Waals surface area contributed by atoms with E-state index in [1.165, 1.54) is 0 Å². The first-order chi connectivity index (χ1) is 9.40. The lowest BCUT2D eigenvalue weighted by molar-refractivity contribution is 0.0695. The molecule has 0 amide bonds. The highest BCUT2D eigenvalue weighted by Gasteiger charge is 2.19. The van der Waals surface area contributed by atoms with Gasteiger partial charge in [-0.25, -0.2) is 22.4 Å². The number of carboxylic acids is 1. The number of carboxylic acid groups (broad SMARTS) is 1. The van der Waals surface area contributed by atoms with Crippen molar-refractivity contribution in [2.75, 3.05) is 0 Å². The quantitative estimate of drug-likeness (QED) is 0.875. The molecule has 0 saturated heterocycles. The molecule has 2 rings (SSSR count). The number of hydrogen-bond donors (Lipinski definition) is 1. The van der Waals surface area contributed by atoms with Gasteiger partial charge in [-0.2, -0.15) is 0 Å². The van der Waals surface area contributed by atoms with Crippen LogP contribution in [0.5, 0.6) is 0 Å². The van der Waals surface area contributed by atoms with Crippen LogP contribution in [0, 0.1) is 23.3 Å². The van der Waals surface area contributed by atoms with Crippen molar-refractivity contribution in [1.82, 2.24) is 0 Å². The Labute approximate surface area is 111 Å². The lowest BCUT2D eigenvalue weighted by Gasteiger charge is -2.09. The zero-order chi connectivity index (χ0) is 14.9. The number of halogens is 4. The average Bonchev–Trinajstić information content (AvgIpc) is 2.37. The summed E-state index contributed by atoms with van der Waals surface area (Å²) in [4.78, 5) is 11.0. The van der Waals surface area contributed by atoms with E-state index in [1.807, 2.05) is 0 Å². The Kier molecular flexibility index (Phi) is 3.74. The van der Waals surface area contributed by atoms with Crippen molar-refractivity contribution in [1.29, 1.82) is 0 Å². The van der Waals surface area contributed by atoms with Crippen LogP contribution in [0.2, 0.25) is 0 Å². The fourth-order valence-electron chi connectivity index (χ4n) is 1.82. The average molecular weight is 284 g/mol. The molecule has 0 radical (unpaired) electrons. The predicted octanol–water partition coefficient (Wildman–Crippen LogP) is 3.53. The normalized spacial score (nSPS) is 10.6. The van der Waals surface area contributed by atoms with E-state index in [0.29, 0.717) is 12.1 Å². The van der Waals surface area contributed by atoms with E-state index in [0.717, 1.165) is 18.2 Å². The summed E-state index contributed by atoms with van der Waals surface area (Å²) in [5.41, 5.74) is -1.07. The molecule has 20 heavy (non-hydrogen) atoms. The summed E-state index contributed by atoms with van der Waals surface area (Å²) in [6.07, 6.45) is -0.489. The smallest absolute Gasteiger partial charge is 0.336 e. The first-order valence-electron chi connectivity index (χ1n) is 5.54. The molecule has 0 bridgehead atoms. The van der Waals surface area contributed by atoms with Gasteiger partial charge in [-0.15, -0.1) is 0 Å². The summed E-state index contributed by atoms with van der Waals surface area (Å²) in [5.74, 6) is -5.81. The van der Waals surface area contributed by atoms with E-state index >= 15 is 0 Å². The summed E-state index contributed by atoms with van der Waals surface area (Å²) >= 11 is 0. The molecular formula is C14H8F4O2. The van der Waals surface area contributed by atoms with Crippen molar-refractivity contribution in [2.24, 2.45) is 0 Å². The Bertz CT molecular complexity index is 683. The van der Waals surface area contributed by atoms with Gasteiger partial charge in [0.1, 0.15) is 11.6 Å². The number of aromatic carboxylic acids is 1. The van der Waals surface area contributed by atoms with E-state index in [2.05, 4.69) is 0 Å². The maximum absolute atomic E-state index is 13.7. The van der Waals surface area contributed by atoms with Gasteiger partial charge in [0.2, 0.25) is 0 Å². The maximum atomic E-state index is 13.7. The monoisotopic (exact) mass is 284 g/mol. The van der Waals surface area contributed by atoms with Gasteiger partial charge in [-0.05, 0) is 23.8 Å². The Morgan fingerprint density at radius 1 is 1.00 bits per heavy atom. The summed E-state index contributed by atoms with van der Waals surface area (Å²) in [7, 11) is 0. The van der Waals surface area contributed by atoms with Crippen LogP contribution in [0.4, 0.5) is 17.6 Å². The molecule has 104 valence electrons. The Hall–Kier alpha value is -2.37.